The minimum Gasteiger partial charge on any atom is -0.462 e. The maximum Gasteiger partial charge on any atom is 0.315 e. The van der Waals surface area contributed by atoms with Crippen LogP contribution in [0.1, 0.15) is 70.8 Å². The molecule has 1 aromatic carbocycles. The maximum absolute atomic E-state index is 13.3. The molecule has 4 nitrogen and oxygen atoms in total. The quantitative estimate of drug-likeness (QED) is 0.542. The fraction of sp³-hybridized carbons (Fsp3) is 0.542. The van der Waals surface area contributed by atoms with E-state index in [1.807, 2.05) is 31.2 Å². The van der Waals surface area contributed by atoms with Crippen molar-refractivity contribution in [3.05, 3.63) is 45.6 Å². The van der Waals surface area contributed by atoms with E-state index >= 15 is 0 Å². The SMILES string of the molecule is CC1=NC2=C(C(=O)CC(C)(C)C2)[C@@H](c2ccc(Br)cc2)C1C(=O)OC1CCCC1. The lowest BCUT2D eigenvalue weighted by molar-refractivity contribution is -0.151. The lowest BCUT2D eigenvalue weighted by Crippen LogP contribution is -2.40. The molecule has 0 spiro atoms. The van der Waals surface area contributed by atoms with Gasteiger partial charge < -0.3 is 4.74 Å². The van der Waals surface area contributed by atoms with Gasteiger partial charge in [0.1, 0.15) is 12.0 Å². The van der Waals surface area contributed by atoms with E-state index in [2.05, 4.69) is 29.8 Å². The summed E-state index contributed by atoms with van der Waals surface area (Å²) in [5.41, 5.74) is 3.18. The number of esters is 1. The number of carbonyl (C=O) groups is 2. The monoisotopic (exact) mass is 457 g/mol. The summed E-state index contributed by atoms with van der Waals surface area (Å²) in [5.74, 6) is -0.997. The number of halogens is 1. The van der Waals surface area contributed by atoms with Crippen molar-refractivity contribution in [1.29, 1.82) is 0 Å². The molecule has 1 aromatic rings. The molecular formula is C24H28BrNO3. The molecule has 1 unspecified atom stereocenters. The van der Waals surface area contributed by atoms with Crippen molar-refractivity contribution in [3.8, 4) is 0 Å². The second kappa shape index (κ2) is 7.82. The van der Waals surface area contributed by atoms with Gasteiger partial charge in [-0.25, -0.2) is 0 Å². The Balaban J connectivity index is 1.77. The second-order valence-corrected chi connectivity index (χ2v) is 10.3. The smallest absolute Gasteiger partial charge is 0.315 e. The molecule has 1 fully saturated rings. The minimum absolute atomic E-state index is 0.00256. The summed E-state index contributed by atoms with van der Waals surface area (Å²) in [6, 6.07) is 7.93. The molecule has 3 aliphatic rings. The first kappa shape index (κ1) is 20.5. The van der Waals surface area contributed by atoms with Crippen LogP contribution in [0.4, 0.5) is 0 Å². The van der Waals surface area contributed by atoms with Crippen molar-refractivity contribution < 1.29 is 14.3 Å². The first-order valence-electron chi connectivity index (χ1n) is 10.5. The molecule has 0 N–H and O–H groups in total. The average molecular weight is 458 g/mol. The zero-order valence-corrected chi connectivity index (χ0v) is 18.9. The lowest BCUT2D eigenvalue weighted by Gasteiger charge is -2.39. The van der Waals surface area contributed by atoms with Crippen molar-refractivity contribution >= 4 is 33.4 Å². The summed E-state index contributed by atoms with van der Waals surface area (Å²) in [5, 5.41) is 0. The molecule has 0 bridgehead atoms. The van der Waals surface area contributed by atoms with Crippen molar-refractivity contribution in [3.63, 3.8) is 0 Å². The molecule has 154 valence electrons. The molecule has 0 radical (unpaired) electrons. The molecule has 0 aromatic heterocycles. The summed E-state index contributed by atoms with van der Waals surface area (Å²) < 4.78 is 6.86. The fourth-order valence-corrected chi connectivity index (χ4v) is 5.29. The first-order valence-corrected chi connectivity index (χ1v) is 11.3. The standard InChI is InChI=1S/C24H28BrNO3/c1-14-20(23(28)29-17-6-4-5-7-17)21(15-8-10-16(25)11-9-15)22-18(26-14)12-24(2,3)13-19(22)27/h8-11,17,20-21H,4-7,12-13H2,1-3H3/t20?,21-/m0/s1. The van der Waals surface area contributed by atoms with Gasteiger partial charge in [0.25, 0.3) is 0 Å². The van der Waals surface area contributed by atoms with Gasteiger partial charge in [-0.05, 0) is 62.1 Å². The predicted molar refractivity (Wildman–Crippen MR) is 117 cm³/mol. The predicted octanol–water partition coefficient (Wildman–Crippen LogP) is 5.75. The van der Waals surface area contributed by atoms with Crippen LogP contribution in [-0.2, 0) is 14.3 Å². The number of allylic oxidation sites excluding steroid dienone is 2. The third-order valence-corrected chi connectivity index (χ3v) is 6.90. The zero-order valence-electron chi connectivity index (χ0n) is 17.3. The maximum atomic E-state index is 13.3. The number of carbonyl (C=O) groups excluding carboxylic acids is 2. The number of nitrogens with zero attached hydrogens (tertiary/aromatic N) is 1. The van der Waals surface area contributed by atoms with Gasteiger partial charge in [0.2, 0.25) is 0 Å². The Labute approximate surface area is 180 Å². The third kappa shape index (κ3) is 4.11. The fourth-order valence-electron chi connectivity index (χ4n) is 5.02. The molecule has 0 amide bonds. The number of ether oxygens (including phenoxy) is 1. The van der Waals surface area contributed by atoms with Gasteiger partial charge in [-0.15, -0.1) is 0 Å². The van der Waals surface area contributed by atoms with Crippen LogP contribution in [0.5, 0.6) is 0 Å². The first-order chi connectivity index (χ1) is 13.7. The number of hydrogen-bond donors (Lipinski definition) is 0. The molecule has 29 heavy (non-hydrogen) atoms. The molecule has 2 aliphatic carbocycles. The summed E-state index contributed by atoms with van der Waals surface area (Å²) in [4.78, 5) is 31.3. The van der Waals surface area contributed by atoms with Crippen LogP contribution in [0.3, 0.4) is 0 Å². The molecule has 2 atom stereocenters. The van der Waals surface area contributed by atoms with Crippen molar-refractivity contribution in [2.45, 2.75) is 71.3 Å². The lowest BCUT2D eigenvalue weighted by atomic mass is 9.67. The van der Waals surface area contributed by atoms with Crippen LogP contribution in [0.2, 0.25) is 0 Å². The van der Waals surface area contributed by atoms with Crippen LogP contribution in [0, 0.1) is 11.3 Å². The highest BCUT2D eigenvalue weighted by molar-refractivity contribution is 9.10. The van der Waals surface area contributed by atoms with Crippen LogP contribution < -0.4 is 0 Å². The van der Waals surface area contributed by atoms with Gasteiger partial charge in [0.05, 0.1) is 0 Å². The van der Waals surface area contributed by atoms with Crippen LogP contribution in [0.15, 0.2) is 45.0 Å². The molecule has 0 saturated heterocycles. The van der Waals surface area contributed by atoms with Gasteiger partial charge in [0.15, 0.2) is 5.78 Å². The van der Waals surface area contributed by atoms with E-state index in [9.17, 15) is 9.59 Å². The Morgan fingerprint density at radius 2 is 1.79 bits per heavy atom. The van der Waals surface area contributed by atoms with E-state index in [0.717, 1.165) is 53.5 Å². The van der Waals surface area contributed by atoms with Crippen LogP contribution in [-0.4, -0.2) is 23.6 Å². The Bertz CT molecular complexity index is 891. The van der Waals surface area contributed by atoms with E-state index in [1.165, 1.54) is 0 Å². The van der Waals surface area contributed by atoms with Crippen LogP contribution >= 0.6 is 15.9 Å². The number of Topliss-reactive ketones (excluding diaryl/α,β-unsaturated/α-hetero) is 1. The number of aliphatic imine (C=N–C) groups is 1. The van der Waals surface area contributed by atoms with E-state index in [-0.39, 0.29) is 29.2 Å². The van der Waals surface area contributed by atoms with Gasteiger partial charge >= 0.3 is 5.97 Å². The summed E-state index contributed by atoms with van der Waals surface area (Å²) in [6.07, 6.45) is 5.30. The zero-order chi connectivity index (χ0) is 20.8. The number of benzene rings is 1. The molecular weight excluding hydrogens is 430 g/mol. The summed E-state index contributed by atoms with van der Waals surface area (Å²) in [6.45, 7) is 6.12. The second-order valence-electron chi connectivity index (χ2n) is 9.40. The van der Waals surface area contributed by atoms with E-state index in [4.69, 9.17) is 9.73 Å². The topological polar surface area (TPSA) is 55.7 Å². The minimum atomic E-state index is -0.541. The van der Waals surface area contributed by atoms with Crippen molar-refractivity contribution in [2.75, 3.05) is 0 Å². The van der Waals surface area contributed by atoms with Gasteiger partial charge in [-0.3, -0.25) is 14.6 Å². The Hall–Kier alpha value is -1.75. The molecule has 1 aliphatic heterocycles. The van der Waals surface area contributed by atoms with E-state index < -0.39 is 5.92 Å². The summed E-state index contributed by atoms with van der Waals surface area (Å²) >= 11 is 3.49. The van der Waals surface area contributed by atoms with Crippen molar-refractivity contribution in [1.82, 2.24) is 0 Å². The van der Waals surface area contributed by atoms with Gasteiger partial charge in [-0.2, -0.15) is 0 Å². The van der Waals surface area contributed by atoms with Gasteiger partial charge in [-0.1, -0.05) is 41.9 Å². The highest BCUT2D eigenvalue weighted by Gasteiger charge is 2.46. The summed E-state index contributed by atoms with van der Waals surface area (Å²) in [7, 11) is 0. The molecule has 1 heterocycles. The number of hydrogen-bond acceptors (Lipinski definition) is 4. The Kier molecular flexibility index (Phi) is 5.54. The molecule has 5 heteroatoms. The average Bonchev–Trinajstić information content (AvgIpc) is 3.13. The number of rotatable bonds is 3. The molecule has 1 saturated carbocycles. The largest absolute Gasteiger partial charge is 0.462 e. The highest BCUT2D eigenvalue weighted by Crippen LogP contribution is 2.48. The highest BCUT2D eigenvalue weighted by atomic mass is 79.9. The van der Waals surface area contributed by atoms with E-state index in [0.29, 0.717) is 12.0 Å². The van der Waals surface area contributed by atoms with Crippen molar-refractivity contribution in [2.24, 2.45) is 16.3 Å². The molecule has 4 rings (SSSR count). The van der Waals surface area contributed by atoms with Crippen LogP contribution in [0.25, 0.3) is 0 Å². The Morgan fingerprint density at radius 1 is 1.14 bits per heavy atom. The third-order valence-electron chi connectivity index (χ3n) is 6.37. The van der Waals surface area contributed by atoms with Gasteiger partial charge in [0, 0.05) is 33.8 Å². The normalized spacial score (nSPS) is 26.9. The Morgan fingerprint density at radius 3 is 2.45 bits per heavy atom. The van der Waals surface area contributed by atoms with E-state index in [1.54, 1.807) is 0 Å². The number of ketones is 1.